The van der Waals surface area contributed by atoms with Crippen LogP contribution in [0.1, 0.15) is 27.2 Å². The Kier molecular flexibility index (Phi) is 5.25. The number of amides is 2. The smallest absolute Gasteiger partial charge is 0.231 e. The first-order chi connectivity index (χ1) is 10.5. The van der Waals surface area contributed by atoms with Crippen molar-refractivity contribution in [2.75, 3.05) is 24.8 Å². The standard InChI is InChI=1S/C16H22N2O4/c1-11(2)9-17-16(20)6-7-18(12(3)19)13-4-5-14-15(8-13)22-10-21-14/h4-5,8,11H,6-7,9-10H2,1-3H3,(H,17,20). The van der Waals surface area contributed by atoms with Crippen molar-refractivity contribution in [2.24, 2.45) is 5.92 Å². The molecule has 0 unspecified atom stereocenters. The van der Waals surface area contributed by atoms with Gasteiger partial charge in [-0.2, -0.15) is 0 Å². The highest BCUT2D eigenvalue weighted by molar-refractivity contribution is 5.92. The van der Waals surface area contributed by atoms with Crippen LogP contribution in [0.25, 0.3) is 0 Å². The summed E-state index contributed by atoms with van der Waals surface area (Å²) in [5.41, 5.74) is 0.702. The van der Waals surface area contributed by atoms with E-state index >= 15 is 0 Å². The normalized spacial score (nSPS) is 12.4. The van der Waals surface area contributed by atoms with Gasteiger partial charge in [-0.15, -0.1) is 0 Å². The largest absolute Gasteiger partial charge is 0.454 e. The predicted molar refractivity (Wildman–Crippen MR) is 83.1 cm³/mol. The Labute approximate surface area is 130 Å². The number of hydrogen-bond donors (Lipinski definition) is 1. The summed E-state index contributed by atoms with van der Waals surface area (Å²) in [5.74, 6) is 1.52. The van der Waals surface area contributed by atoms with E-state index in [2.05, 4.69) is 5.32 Å². The molecule has 1 aliphatic rings. The second-order valence-electron chi connectivity index (χ2n) is 5.66. The van der Waals surface area contributed by atoms with E-state index in [9.17, 15) is 9.59 Å². The highest BCUT2D eigenvalue weighted by atomic mass is 16.7. The molecule has 2 amide bonds. The zero-order valence-corrected chi connectivity index (χ0v) is 13.2. The van der Waals surface area contributed by atoms with Crippen LogP contribution < -0.4 is 19.7 Å². The Morgan fingerprint density at radius 3 is 2.68 bits per heavy atom. The molecular weight excluding hydrogens is 284 g/mol. The van der Waals surface area contributed by atoms with Gasteiger partial charge in [0.2, 0.25) is 18.6 Å². The summed E-state index contributed by atoms with van der Waals surface area (Å²) in [7, 11) is 0. The molecule has 1 aromatic carbocycles. The third kappa shape index (κ3) is 4.13. The molecule has 1 aromatic rings. The average molecular weight is 306 g/mol. The molecule has 1 aliphatic heterocycles. The number of hydrogen-bond acceptors (Lipinski definition) is 4. The van der Waals surface area contributed by atoms with Crippen LogP contribution in [0, 0.1) is 5.92 Å². The highest BCUT2D eigenvalue weighted by Crippen LogP contribution is 2.35. The maximum absolute atomic E-state index is 11.8. The van der Waals surface area contributed by atoms with Gasteiger partial charge >= 0.3 is 0 Å². The van der Waals surface area contributed by atoms with E-state index in [4.69, 9.17) is 9.47 Å². The Balaban J connectivity index is 1.98. The molecule has 120 valence electrons. The lowest BCUT2D eigenvalue weighted by molar-refractivity contribution is -0.121. The first-order valence-corrected chi connectivity index (χ1v) is 7.42. The lowest BCUT2D eigenvalue weighted by Gasteiger charge is -2.21. The van der Waals surface area contributed by atoms with E-state index in [1.165, 1.54) is 6.92 Å². The summed E-state index contributed by atoms with van der Waals surface area (Å²) in [6.07, 6.45) is 0.265. The van der Waals surface area contributed by atoms with Gasteiger partial charge in [-0.05, 0) is 18.1 Å². The molecule has 0 spiro atoms. The Morgan fingerprint density at radius 1 is 1.27 bits per heavy atom. The highest BCUT2D eigenvalue weighted by Gasteiger charge is 2.18. The minimum atomic E-state index is -0.115. The van der Waals surface area contributed by atoms with Crippen LogP contribution in [0.5, 0.6) is 11.5 Å². The number of benzene rings is 1. The third-order valence-electron chi connectivity index (χ3n) is 3.32. The first kappa shape index (κ1) is 16.1. The Hall–Kier alpha value is -2.24. The van der Waals surface area contributed by atoms with E-state index in [0.29, 0.717) is 36.2 Å². The van der Waals surface area contributed by atoms with Crippen molar-refractivity contribution in [3.8, 4) is 11.5 Å². The SMILES string of the molecule is CC(=O)N(CCC(=O)NCC(C)C)c1ccc2c(c1)OCO2. The number of ether oxygens (including phenoxy) is 2. The van der Waals surface area contributed by atoms with Gasteiger partial charge in [0.05, 0.1) is 0 Å². The topological polar surface area (TPSA) is 67.9 Å². The van der Waals surface area contributed by atoms with Gasteiger partial charge in [0.1, 0.15) is 0 Å². The van der Waals surface area contributed by atoms with Gasteiger partial charge in [0.15, 0.2) is 11.5 Å². The Bertz CT molecular complexity index is 557. The molecule has 0 saturated carbocycles. The molecule has 0 radical (unpaired) electrons. The van der Waals surface area contributed by atoms with E-state index in [-0.39, 0.29) is 25.0 Å². The number of carbonyl (C=O) groups excluding carboxylic acids is 2. The summed E-state index contributed by atoms with van der Waals surface area (Å²) >= 11 is 0. The van der Waals surface area contributed by atoms with Crippen LogP contribution in [-0.4, -0.2) is 31.7 Å². The molecule has 0 fully saturated rings. The van der Waals surface area contributed by atoms with E-state index < -0.39 is 0 Å². The number of anilines is 1. The van der Waals surface area contributed by atoms with Crippen molar-refractivity contribution in [3.05, 3.63) is 18.2 Å². The minimum Gasteiger partial charge on any atom is -0.454 e. The molecule has 0 bridgehead atoms. The predicted octanol–water partition coefficient (Wildman–Crippen LogP) is 1.93. The van der Waals surface area contributed by atoms with Crippen LogP contribution in [0.4, 0.5) is 5.69 Å². The fraction of sp³-hybridized carbons (Fsp3) is 0.500. The number of rotatable bonds is 6. The zero-order chi connectivity index (χ0) is 16.1. The first-order valence-electron chi connectivity index (χ1n) is 7.42. The second kappa shape index (κ2) is 7.15. The van der Waals surface area contributed by atoms with Crippen LogP contribution in [0.2, 0.25) is 0 Å². The molecule has 2 rings (SSSR count). The Morgan fingerprint density at radius 2 is 2.00 bits per heavy atom. The lowest BCUT2D eigenvalue weighted by Crippen LogP contribution is -2.34. The van der Waals surface area contributed by atoms with Crippen LogP contribution >= 0.6 is 0 Å². The van der Waals surface area contributed by atoms with Crippen molar-refractivity contribution < 1.29 is 19.1 Å². The molecule has 0 aliphatic carbocycles. The maximum atomic E-state index is 11.8. The molecule has 1 N–H and O–H groups in total. The summed E-state index contributed by atoms with van der Waals surface area (Å²) in [6.45, 7) is 6.72. The number of fused-ring (bicyclic) bond motifs is 1. The third-order valence-corrected chi connectivity index (χ3v) is 3.32. The summed E-state index contributed by atoms with van der Waals surface area (Å²) in [6, 6.07) is 5.32. The fourth-order valence-electron chi connectivity index (χ4n) is 2.14. The molecule has 22 heavy (non-hydrogen) atoms. The van der Waals surface area contributed by atoms with Crippen molar-refractivity contribution in [1.82, 2.24) is 5.32 Å². The summed E-state index contributed by atoms with van der Waals surface area (Å²) in [5, 5.41) is 2.85. The van der Waals surface area contributed by atoms with Crippen LogP contribution in [-0.2, 0) is 9.59 Å². The quantitative estimate of drug-likeness (QED) is 0.872. The van der Waals surface area contributed by atoms with Gasteiger partial charge < -0.3 is 19.7 Å². The van der Waals surface area contributed by atoms with E-state index in [0.717, 1.165) is 0 Å². The minimum absolute atomic E-state index is 0.0549. The number of nitrogens with zero attached hydrogens (tertiary/aromatic N) is 1. The number of nitrogens with one attached hydrogen (secondary N) is 1. The molecule has 0 atom stereocenters. The van der Waals surface area contributed by atoms with Gasteiger partial charge in [-0.1, -0.05) is 13.8 Å². The summed E-state index contributed by atoms with van der Waals surface area (Å²) in [4.78, 5) is 25.2. The van der Waals surface area contributed by atoms with E-state index in [1.54, 1.807) is 23.1 Å². The maximum Gasteiger partial charge on any atom is 0.231 e. The molecular formula is C16H22N2O4. The molecule has 0 aromatic heterocycles. The van der Waals surface area contributed by atoms with Gasteiger partial charge in [-0.3, -0.25) is 9.59 Å². The monoisotopic (exact) mass is 306 g/mol. The fourth-order valence-corrected chi connectivity index (χ4v) is 2.14. The lowest BCUT2D eigenvalue weighted by atomic mass is 10.2. The van der Waals surface area contributed by atoms with E-state index in [1.807, 2.05) is 13.8 Å². The van der Waals surface area contributed by atoms with Crippen molar-refractivity contribution >= 4 is 17.5 Å². The van der Waals surface area contributed by atoms with Crippen LogP contribution in [0.15, 0.2) is 18.2 Å². The summed E-state index contributed by atoms with van der Waals surface area (Å²) < 4.78 is 10.6. The van der Waals surface area contributed by atoms with Crippen molar-refractivity contribution in [2.45, 2.75) is 27.2 Å². The second-order valence-corrected chi connectivity index (χ2v) is 5.66. The van der Waals surface area contributed by atoms with Gasteiger partial charge in [-0.25, -0.2) is 0 Å². The molecule has 6 nitrogen and oxygen atoms in total. The molecule has 1 heterocycles. The molecule has 0 saturated heterocycles. The van der Waals surface area contributed by atoms with Crippen molar-refractivity contribution in [3.63, 3.8) is 0 Å². The number of carbonyl (C=O) groups is 2. The van der Waals surface area contributed by atoms with Gasteiger partial charge in [0.25, 0.3) is 0 Å². The average Bonchev–Trinajstić information content (AvgIpc) is 2.92. The molecule has 6 heteroatoms. The van der Waals surface area contributed by atoms with Crippen LogP contribution in [0.3, 0.4) is 0 Å². The zero-order valence-electron chi connectivity index (χ0n) is 13.2. The van der Waals surface area contributed by atoms with Gasteiger partial charge in [0, 0.05) is 38.2 Å². The van der Waals surface area contributed by atoms with Crippen molar-refractivity contribution in [1.29, 1.82) is 0 Å².